The molecular formula is C20H27N5. The van der Waals surface area contributed by atoms with Crippen LogP contribution in [-0.2, 0) is 13.1 Å². The Labute approximate surface area is 150 Å². The molecule has 0 radical (unpaired) electrons. The summed E-state index contributed by atoms with van der Waals surface area (Å²) in [5.74, 6) is 0.873. The first-order chi connectivity index (χ1) is 12.3. The monoisotopic (exact) mass is 337 g/mol. The van der Waals surface area contributed by atoms with E-state index < -0.39 is 0 Å². The second kappa shape index (κ2) is 7.50. The van der Waals surface area contributed by atoms with E-state index in [4.69, 9.17) is 0 Å². The molecule has 1 aliphatic carbocycles. The summed E-state index contributed by atoms with van der Waals surface area (Å²) < 4.78 is 0. The molecule has 1 saturated heterocycles. The molecule has 132 valence electrons. The summed E-state index contributed by atoms with van der Waals surface area (Å²) in [4.78, 5) is 16.5. The molecule has 2 fully saturated rings. The molecule has 5 nitrogen and oxygen atoms in total. The first-order valence-electron chi connectivity index (χ1n) is 9.30. The predicted octanol–water partition coefficient (Wildman–Crippen LogP) is 2.39. The Bertz CT molecular complexity index is 660. The van der Waals surface area contributed by atoms with Crippen molar-refractivity contribution in [3.8, 4) is 0 Å². The number of rotatable bonds is 6. The van der Waals surface area contributed by atoms with Crippen LogP contribution in [0.4, 0.5) is 5.95 Å². The Morgan fingerprint density at radius 3 is 2.20 bits per heavy atom. The molecule has 2 aliphatic rings. The van der Waals surface area contributed by atoms with Gasteiger partial charge in [-0.3, -0.25) is 4.90 Å². The number of likely N-dealkylation sites (N-methyl/N-ethyl adjacent to an activating group) is 1. The predicted molar refractivity (Wildman–Crippen MR) is 100 cm³/mol. The van der Waals surface area contributed by atoms with Gasteiger partial charge in [0.05, 0.1) is 0 Å². The van der Waals surface area contributed by atoms with Gasteiger partial charge in [-0.05, 0) is 25.5 Å². The quantitative estimate of drug-likeness (QED) is 0.809. The van der Waals surface area contributed by atoms with E-state index in [1.54, 1.807) is 0 Å². The average Bonchev–Trinajstić information content (AvgIpc) is 3.49. The van der Waals surface area contributed by atoms with Gasteiger partial charge in [-0.1, -0.05) is 30.3 Å². The summed E-state index contributed by atoms with van der Waals surface area (Å²) in [5, 5.41) is 0. The number of hydrogen-bond acceptors (Lipinski definition) is 5. The highest BCUT2D eigenvalue weighted by molar-refractivity contribution is 5.30. The minimum atomic E-state index is 0.720. The van der Waals surface area contributed by atoms with Crippen LogP contribution in [0.1, 0.15) is 24.0 Å². The molecule has 1 aromatic heterocycles. The van der Waals surface area contributed by atoms with Gasteiger partial charge in [0.1, 0.15) is 0 Å². The normalized spacial score (nSPS) is 18.7. The maximum Gasteiger partial charge on any atom is 0.225 e. The zero-order valence-electron chi connectivity index (χ0n) is 15.0. The van der Waals surface area contributed by atoms with Gasteiger partial charge < -0.3 is 9.80 Å². The summed E-state index contributed by atoms with van der Waals surface area (Å²) in [7, 11) is 2.17. The Balaban J connectivity index is 1.39. The fraction of sp³-hybridized carbons (Fsp3) is 0.500. The fourth-order valence-corrected chi connectivity index (χ4v) is 3.41. The number of piperazine rings is 1. The van der Waals surface area contributed by atoms with Crippen LogP contribution in [0.5, 0.6) is 0 Å². The van der Waals surface area contributed by atoms with Gasteiger partial charge in [-0.15, -0.1) is 0 Å². The Morgan fingerprint density at radius 1 is 0.920 bits per heavy atom. The molecular weight excluding hydrogens is 310 g/mol. The Morgan fingerprint density at radius 2 is 1.56 bits per heavy atom. The maximum absolute atomic E-state index is 4.64. The van der Waals surface area contributed by atoms with Gasteiger partial charge in [-0.2, -0.15) is 0 Å². The van der Waals surface area contributed by atoms with Crippen molar-refractivity contribution in [1.29, 1.82) is 0 Å². The molecule has 0 amide bonds. The van der Waals surface area contributed by atoms with Crippen LogP contribution in [0.15, 0.2) is 42.7 Å². The lowest BCUT2D eigenvalue weighted by Crippen LogP contribution is -2.45. The largest absolute Gasteiger partial charge is 0.338 e. The number of aromatic nitrogens is 2. The number of benzene rings is 1. The third kappa shape index (κ3) is 4.35. The summed E-state index contributed by atoms with van der Waals surface area (Å²) in [6.07, 6.45) is 6.65. The van der Waals surface area contributed by atoms with E-state index in [0.717, 1.165) is 51.3 Å². The van der Waals surface area contributed by atoms with E-state index >= 15 is 0 Å². The SMILES string of the molecule is CN1CCN(c2ncc(CN(Cc3ccccc3)C3CC3)cn2)CC1. The van der Waals surface area contributed by atoms with E-state index in [-0.39, 0.29) is 0 Å². The van der Waals surface area contributed by atoms with E-state index in [0.29, 0.717) is 0 Å². The van der Waals surface area contributed by atoms with Crippen LogP contribution in [0.25, 0.3) is 0 Å². The van der Waals surface area contributed by atoms with Crippen LogP contribution in [0, 0.1) is 0 Å². The molecule has 0 N–H and O–H groups in total. The Kier molecular flexibility index (Phi) is 4.95. The number of nitrogens with zero attached hydrogens (tertiary/aromatic N) is 5. The van der Waals surface area contributed by atoms with Gasteiger partial charge in [-0.25, -0.2) is 9.97 Å². The van der Waals surface area contributed by atoms with E-state index in [2.05, 4.69) is 62.0 Å². The smallest absolute Gasteiger partial charge is 0.225 e. The lowest BCUT2D eigenvalue weighted by atomic mass is 10.2. The second-order valence-electron chi connectivity index (χ2n) is 7.30. The maximum atomic E-state index is 4.64. The highest BCUT2D eigenvalue weighted by Crippen LogP contribution is 2.29. The Hall–Kier alpha value is -1.98. The molecule has 0 unspecified atom stereocenters. The number of anilines is 1. The van der Waals surface area contributed by atoms with Gasteiger partial charge >= 0.3 is 0 Å². The van der Waals surface area contributed by atoms with Crippen LogP contribution in [0.3, 0.4) is 0 Å². The highest BCUT2D eigenvalue weighted by Gasteiger charge is 2.29. The third-order valence-corrected chi connectivity index (χ3v) is 5.16. The van der Waals surface area contributed by atoms with Gasteiger partial charge in [0.2, 0.25) is 5.95 Å². The molecule has 0 atom stereocenters. The molecule has 2 heterocycles. The summed E-state index contributed by atoms with van der Waals surface area (Å²) in [6, 6.07) is 11.5. The molecule has 2 aromatic rings. The molecule has 1 aromatic carbocycles. The summed E-state index contributed by atoms with van der Waals surface area (Å²) in [5.41, 5.74) is 2.59. The van der Waals surface area contributed by atoms with Crippen molar-refractivity contribution in [3.05, 3.63) is 53.9 Å². The minimum absolute atomic E-state index is 0.720. The zero-order chi connectivity index (χ0) is 17.1. The van der Waals surface area contributed by atoms with Crippen LogP contribution in [0.2, 0.25) is 0 Å². The van der Waals surface area contributed by atoms with Crippen LogP contribution in [-0.4, -0.2) is 59.0 Å². The molecule has 0 bridgehead atoms. The van der Waals surface area contributed by atoms with Crippen molar-refractivity contribution in [2.24, 2.45) is 0 Å². The molecule has 4 rings (SSSR count). The fourth-order valence-electron chi connectivity index (χ4n) is 3.41. The van der Waals surface area contributed by atoms with Crippen molar-refractivity contribution >= 4 is 5.95 Å². The molecule has 1 aliphatic heterocycles. The molecule has 1 saturated carbocycles. The first-order valence-corrected chi connectivity index (χ1v) is 9.30. The van der Waals surface area contributed by atoms with Crippen LogP contribution < -0.4 is 4.90 Å². The first kappa shape index (κ1) is 16.5. The number of hydrogen-bond donors (Lipinski definition) is 0. The van der Waals surface area contributed by atoms with Gasteiger partial charge in [0.25, 0.3) is 0 Å². The standard InChI is InChI=1S/C20H27N5/c1-23-9-11-24(12-10-23)20-21-13-18(14-22-20)16-25(19-7-8-19)15-17-5-3-2-4-6-17/h2-6,13-14,19H,7-12,15-16H2,1H3. The zero-order valence-corrected chi connectivity index (χ0v) is 15.0. The molecule has 25 heavy (non-hydrogen) atoms. The topological polar surface area (TPSA) is 35.5 Å². The second-order valence-corrected chi connectivity index (χ2v) is 7.30. The third-order valence-electron chi connectivity index (χ3n) is 5.16. The lowest BCUT2D eigenvalue weighted by molar-refractivity contribution is 0.245. The van der Waals surface area contributed by atoms with E-state index in [9.17, 15) is 0 Å². The van der Waals surface area contributed by atoms with E-state index in [1.807, 2.05) is 12.4 Å². The summed E-state index contributed by atoms with van der Waals surface area (Å²) in [6.45, 7) is 6.12. The van der Waals surface area contributed by atoms with Crippen molar-refractivity contribution in [2.75, 3.05) is 38.1 Å². The average molecular weight is 337 g/mol. The van der Waals surface area contributed by atoms with E-state index in [1.165, 1.54) is 24.0 Å². The lowest BCUT2D eigenvalue weighted by Gasteiger charge is -2.32. The highest BCUT2D eigenvalue weighted by atomic mass is 15.3. The van der Waals surface area contributed by atoms with Crippen molar-refractivity contribution in [3.63, 3.8) is 0 Å². The van der Waals surface area contributed by atoms with Gasteiger partial charge in [0.15, 0.2) is 0 Å². The molecule has 0 spiro atoms. The van der Waals surface area contributed by atoms with Crippen molar-refractivity contribution in [2.45, 2.75) is 32.0 Å². The molecule has 5 heteroatoms. The van der Waals surface area contributed by atoms with Crippen molar-refractivity contribution < 1.29 is 0 Å². The van der Waals surface area contributed by atoms with Crippen molar-refractivity contribution in [1.82, 2.24) is 19.8 Å². The van der Waals surface area contributed by atoms with Crippen LogP contribution >= 0.6 is 0 Å². The van der Waals surface area contributed by atoms with Gasteiger partial charge in [0, 0.05) is 63.3 Å². The summed E-state index contributed by atoms with van der Waals surface area (Å²) >= 11 is 0. The minimum Gasteiger partial charge on any atom is -0.338 e.